The predicted octanol–water partition coefficient (Wildman–Crippen LogP) is 4.17. The molecule has 0 aromatic heterocycles. The van der Waals surface area contributed by atoms with Crippen LogP contribution in [0.25, 0.3) is 6.08 Å². The molecule has 1 N–H and O–H groups in total. The number of amides is 1. The van der Waals surface area contributed by atoms with Crippen molar-refractivity contribution in [3.05, 3.63) is 64.2 Å². The third-order valence-corrected chi connectivity index (χ3v) is 3.72. The van der Waals surface area contributed by atoms with E-state index in [1.165, 1.54) is 6.08 Å². The maximum Gasteiger partial charge on any atom is 0.266 e. The molecule has 1 amide bonds. The molecule has 0 aliphatic rings. The summed E-state index contributed by atoms with van der Waals surface area (Å²) in [5, 5.41) is 12.2. The van der Waals surface area contributed by atoms with Gasteiger partial charge in [-0.25, -0.2) is 0 Å². The van der Waals surface area contributed by atoms with E-state index >= 15 is 0 Å². The van der Waals surface area contributed by atoms with Gasteiger partial charge in [0, 0.05) is 11.3 Å². The summed E-state index contributed by atoms with van der Waals surface area (Å²) >= 11 is 0. The van der Waals surface area contributed by atoms with Gasteiger partial charge in [0.2, 0.25) is 0 Å². The molecule has 4 heteroatoms. The van der Waals surface area contributed by atoms with E-state index in [4.69, 9.17) is 4.74 Å². The Balaban J connectivity index is 2.34. The number of methoxy groups -OCH3 is 1. The Kier molecular flexibility index (Phi) is 5.39. The molecule has 0 fully saturated rings. The van der Waals surface area contributed by atoms with Gasteiger partial charge in [-0.2, -0.15) is 5.26 Å². The van der Waals surface area contributed by atoms with Gasteiger partial charge in [-0.15, -0.1) is 0 Å². The highest BCUT2D eigenvalue weighted by Crippen LogP contribution is 2.24. The van der Waals surface area contributed by atoms with Crippen LogP contribution in [0.2, 0.25) is 0 Å². The quantitative estimate of drug-likeness (QED) is 0.679. The molecule has 0 spiro atoms. The number of para-hydroxylation sites is 1. The highest BCUT2D eigenvalue weighted by Gasteiger charge is 2.13. The number of carbonyl (C=O) groups is 1. The Morgan fingerprint density at radius 2 is 1.79 bits per heavy atom. The van der Waals surface area contributed by atoms with Gasteiger partial charge in [-0.3, -0.25) is 4.79 Å². The van der Waals surface area contributed by atoms with Crippen LogP contribution in [0.3, 0.4) is 0 Å². The summed E-state index contributed by atoms with van der Waals surface area (Å²) < 4.78 is 5.25. The van der Waals surface area contributed by atoms with Crippen LogP contribution >= 0.6 is 0 Å². The van der Waals surface area contributed by atoms with Crippen LogP contribution in [0, 0.1) is 32.1 Å². The number of aryl methyl sites for hydroxylation is 3. The number of nitrogens with zero attached hydrogens (tertiary/aromatic N) is 1. The summed E-state index contributed by atoms with van der Waals surface area (Å²) in [6, 6.07) is 13.2. The molecule has 2 rings (SSSR count). The van der Waals surface area contributed by atoms with Crippen LogP contribution in [0.4, 0.5) is 5.69 Å². The van der Waals surface area contributed by atoms with E-state index in [2.05, 4.69) is 5.32 Å². The average molecular weight is 320 g/mol. The lowest BCUT2D eigenvalue weighted by molar-refractivity contribution is -0.112. The van der Waals surface area contributed by atoms with Crippen LogP contribution in [-0.2, 0) is 4.79 Å². The van der Waals surface area contributed by atoms with Gasteiger partial charge in [0.1, 0.15) is 17.4 Å². The van der Waals surface area contributed by atoms with Crippen LogP contribution in [0.15, 0.2) is 42.0 Å². The van der Waals surface area contributed by atoms with Crippen LogP contribution in [-0.4, -0.2) is 13.0 Å². The van der Waals surface area contributed by atoms with Gasteiger partial charge in [0.25, 0.3) is 5.91 Å². The second-order valence-corrected chi connectivity index (χ2v) is 5.64. The number of rotatable bonds is 4. The molecule has 0 atom stereocenters. The Morgan fingerprint density at radius 1 is 1.17 bits per heavy atom. The van der Waals surface area contributed by atoms with Crippen molar-refractivity contribution in [2.75, 3.05) is 12.4 Å². The standard InChI is InChI=1S/C20H20N2O2/c1-13-9-14(2)19(15(3)10-13)22-20(23)17(12-21)11-16-7-5-6-8-18(16)24-4/h5-11H,1-4H3,(H,22,23)/b17-11+. The number of carbonyl (C=O) groups excluding carboxylic acids is 1. The number of nitriles is 1. The Hall–Kier alpha value is -3.06. The monoisotopic (exact) mass is 320 g/mol. The van der Waals surface area contributed by atoms with Crippen molar-refractivity contribution in [3.63, 3.8) is 0 Å². The molecule has 0 saturated carbocycles. The molecule has 4 nitrogen and oxygen atoms in total. The first-order valence-corrected chi connectivity index (χ1v) is 7.60. The number of benzene rings is 2. The summed E-state index contributed by atoms with van der Waals surface area (Å²) in [6.45, 7) is 5.88. The summed E-state index contributed by atoms with van der Waals surface area (Å²) in [7, 11) is 1.55. The molecule has 24 heavy (non-hydrogen) atoms. The molecule has 0 unspecified atom stereocenters. The van der Waals surface area contributed by atoms with Gasteiger partial charge in [-0.05, 0) is 44.0 Å². The lowest BCUT2D eigenvalue weighted by atomic mass is 10.0. The number of ether oxygens (including phenoxy) is 1. The zero-order valence-corrected chi connectivity index (χ0v) is 14.3. The van der Waals surface area contributed by atoms with Gasteiger partial charge in [-0.1, -0.05) is 35.9 Å². The number of nitrogens with one attached hydrogen (secondary N) is 1. The predicted molar refractivity (Wildman–Crippen MR) is 95.9 cm³/mol. The Bertz CT molecular complexity index is 822. The van der Waals surface area contributed by atoms with Crippen molar-refractivity contribution in [2.45, 2.75) is 20.8 Å². The van der Waals surface area contributed by atoms with E-state index < -0.39 is 5.91 Å². The minimum atomic E-state index is -0.432. The molecule has 2 aromatic carbocycles. The molecular weight excluding hydrogens is 300 g/mol. The maximum atomic E-state index is 12.5. The molecule has 0 bridgehead atoms. The number of hydrogen-bond donors (Lipinski definition) is 1. The SMILES string of the molecule is COc1ccccc1/C=C(\C#N)C(=O)Nc1c(C)cc(C)cc1C. The molecule has 122 valence electrons. The molecular formula is C20H20N2O2. The van der Waals surface area contributed by atoms with E-state index in [0.717, 1.165) is 22.4 Å². The molecule has 0 saturated heterocycles. The normalized spacial score (nSPS) is 10.9. The van der Waals surface area contributed by atoms with Gasteiger partial charge in [0.15, 0.2) is 0 Å². The first-order chi connectivity index (χ1) is 11.5. The lowest BCUT2D eigenvalue weighted by Gasteiger charge is -2.12. The highest BCUT2D eigenvalue weighted by atomic mass is 16.5. The van der Waals surface area contributed by atoms with E-state index in [9.17, 15) is 10.1 Å². The van der Waals surface area contributed by atoms with Crippen LogP contribution in [0.1, 0.15) is 22.3 Å². The third kappa shape index (κ3) is 3.82. The van der Waals surface area contributed by atoms with Gasteiger partial charge < -0.3 is 10.1 Å². The zero-order valence-electron chi connectivity index (χ0n) is 14.3. The number of anilines is 1. The van der Waals surface area contributed by atoms with Gasteiger partial charge >= 0.3 is 0 Å². The first-order valence-electron chi connectivity index (χ1n) is 7.60. The molecule has 0 aliphatic heterocycles. The second kappa shape index (κ2) is 7.47. The summed E-state index contributed by atoms with van der Waals surface area (Å²) in [4.78, 5) is 12.5. The fourth-order valence-electron chi connectivity index (χ4n) is 2.65. The lowest BCUT2D eigenvalue weighted by Crippen LogP contribution is -2.15. The first kappa shape index (κ1) is 17.3. The average Bonchev–Trinajstić information content (AvgIpc) is 2.56. The van der Waals surface area contributed by atoms with Crippen LogP contribution in [0.5, 0.6) is 5.75 Å². The summed E-state index contributed by atoms with van der Waals surface area (Å²) in [6.07, 6.45) is 1.53. The van der Waals surface area contributed by atoms with Crippen molar-refractivity contribution in [1.82, 2.24) is 0 Å². The third-order valence-electron chi connectivity index (χ3n) is 3.72. The molecule has 0 aliphatic carbocycles. The molecule has 0 heterocycles. The van der Waals surface area contributed by atoms with Crippen molar-refractivity contribution < 1.29 is 9.53 Å². The smallest absolute Gasteiger partial charge is 0.266 e. The van der Waals surface area contributed by atoms with E-state index in [-0.39, 0.29) is 5.57 Å². The van der Waals surface area contributed by atoms with E-state index in [0.29, 0.717) is 11.3 Å². The molecule has 2 aromatic rings. The van der Waals surface area contributed by atoms with Gasteiger partial charge in [0.05, 0.1) is 7.11 Å². The largest absolute Gasteiger partial charge is 0.496 e. The topological polar surface area (TPSA) is 62.1 Å². The minimum Gasteiger partial charge on any atom is -0.496 e. The fourth-order valence-corrected chi connectivity index (χ4v) is 2.65. The molecule has 0 radical (unpaired) electrons. The number of hydrogen-bond acceptors (Lipinski definition) is 3. The van der Waals surface area contributed by atoms with E-state index in [1.807, 2.05) is 51.1 Å². The maximum absolute atomic E-state index is 12.5. The van der Waals surface area contributed by atoms with Crippen molar-refractivity contribution in [1.29, 1.82) is 5.26 Å². The van der Waals surface area contributed by atoms with Crippen LogP contribution < -0.4 is 10.1 Å². The van der Waals surface area contributed by atoms with E-state index in [1.54, 1.807) is 19.2 Å². The minimum absolute atomic E-state index is 0.0267. The summed E-state index contributed by atoms with van der Waals surface area (Å²) in [5.74, 6) is 0.180. The Labute approximate surface area is 142 Å². The summed E-state index contributed by atoms with van der Waals surface area (Å²) in [5.41, 5.74) is 4.52. The van der Waals surface area contributed by atoms with Crippen molar-refractivity contribution in [2.24, 2.45) is 0 Å². The second-order valence-electron chi connectivity index (χ2n) is 5.64. The fraction of sp³-hybridized carbons (Fsp3) is 0.200. The highest BCUT2D eigenvalue weighted by molar-refractivity contribution is 6.10. The van der Waals surface area contributed by atoms with Crippen molar-refractivity contribution in [3.8, 4) is 11.8 Å². The van der Waals surface area contributed by atoms with Crippen molar-refractivity contribution >= 4 is 17.7 Å². The Morgan fingerprint density at radius 3 is 2.38 bits per heavy atom. The zero-order chi connectivity index (χ0) is 17.7.